The Hall–Kier alpha value is -2.79. The quantitative estimate of drug-likeness (QED) is 0.442. The molecule has 1 fully saturated rings. The van der Waals surface area contributed by atoms with Gasteiger partial charge in [0.2, 0.25) is 5.78 Å². The number of nitrogens with zero attached hydrogens (tertiary/aromatic N) is 3. The second-order valence-electron chi connectivity index (χ2n) is 8.08. The van der Waals surface area contributed by atoms with Gasteiger partial charge in [-0.1, -0.05) is 23.7 Å². The highest BCUT2D eigenvalue weighted by Crippen LogP contribution is 2.30. The first-order valence-electron chi connectivity index (χ1n) is 10.5. The van der Waals surface area contributed by atoms with Crippen LogP contribution in [0.15, 0.2) is 55.0 Å². The van der Waals surface area contributed by atoms with E-state index in [1.165, 1.54) is 6.20 Å². The van der Waals surface area contributed by atoms with Gasteiger partial charge in [-0.05, 0) is 55.0 Å². The maximum absolute atomic E-state index is 13.2. The lowest BCUT2D eigenvalue weighted by atomic mass is 10.1. The highest BCUT2D eigenvalue weighted by atomic mass is 35.5. The number of pyridine rings is 1. The maximum atomic E-state index is 13.2. The molecule has 174 valence electrons. The molecule has 11 heteroatoms. The van der Waals surface area contributed by atoms with Gasteiger partial charge >= 0.3 is 10.3 Å². The average molecular weight is 490 g/mol. The molecular formula is C22H24ClN5O4S. The normalized spacial score (nSPS) is 18.4. The number of aromatic nitrogens is 3. The number of anilines is 1. The summed E-state index contributed by atoms with van der Waals surface area (Å²) in [6, 6.07) is 11.0. The third-order valence-electron chi connectivity index (χ3n) is 5.54. The Labute approximate surface area is 197 Å². The van der Waals surface area contributed by atoms with E-state index in [9.17, 15) is 13.2 Å². The molecule has 3 aromatic rings. The van der Waals surface area contributed by atoms with Gasteiger partial charge in [-0.25, -0.2) is 5.14 Å². The number of rotatable bonds is 9. The Morgan fingerprint density at radius 1 is 1.27 bits per heavy atom. The van der Waals surface area contributed by atoms with Crippen LogP contribution in [0.3, 0.4) is 0 Å². The van der Waals surface area contributed by atoms with Crippen LogP contribution in [0, 0.1) is 5.92 Å². The monoisotopic (exact) mass is 489 g/mol. The second-order valence-corrected chi connectivity index (χ2v) is 9.73. The summed E-state index contributed by atoms with van der Waals surface area (Å²) in [5, 5.41) is 13.4. The Morgan fingerprint density at radius 2 is 2.12 bits per heavy atom. The lowest BCUT2D eigenvalue weighted by molar-refractivity contribution is 0.103. The van der Waals surface area contributed by atoms with E-state index in [4.69, 9.17) is 20.9 Å². The summed E-state index contributed by atoms with van der Waals surface area (Å²) >= 11 is 6.04. The molecule has 1 aliphatic carbocycles. The number of carbonyl (C=O) groups is 1. The van der Waals surface area contributed by atoms with Gasteiger partial charge in [-0.3, -0.25) is 18.6 Å². The van der Waals surface area contributed by atoms with Crippen LogP contribution in [0.5, 0.6) is 0 Å². The molecule has 2 heterocycles. The van der Waals surface area contributed by atoms with Crippen molar-refractivity contribution in [3.05, 3.63) is 76.8 Å². The Bertz CT molecular complexity index is 1250. The van der Waals surface area contributed by atoms with E-state index in [1.54, 1.807) is 35.3 Å². The molecular weight excluding hydrogens is 466 g/mol. The fraction of sp³-hybridized carbons (Fsp3) is 0.318. The zero-order chi connectivity index (χ0) is 23.4. The van der Waals surface area contributed by atoms with Gasteiger partial charge < -0.3 is 5.32 Å². The van der Waals surface area contributed by atoms with Crippen molar-refractivity contribution in [1.29, 1.82) is 0 Å². The van der Waals surface area contributed by atoms with Crippen LogP contribution in [0.1, 0.15) is 40.9 Å². The molecule has 33 heavy (non-hydrogen) atoms. The Morgan fingerprint density at radius 3 is 2.91 bits per heavy atom. The Kier molecular flexibility index (Phi) is 7.08. The summed E-state index contributed by atoms with van der Waals surface area (Å²) in [7, 11) is -3.95. The van der Waals surface area contributed by atoms with E-state index in [2.05, 4.69) is 15.4 Å². The summed E-state index contributed by atoms with van der Waals surface area (Å²) in [6.45, 7) is 0.555. The molecule has 1 saturated carbocycles. The number of nitrogens with one attached hydrogen (secondary N) is 1. The van der Waals surface area contributed by atoms with Gasteiger partial charge in [0.05, 0.1) is 18.7 Å². The third kappa shape index (κ3) is 6.38. The first-order chi connectivity index (χ1) is 15.8. The van der Waals surface area contributed by atoms with Crippen molar-refractivity contribution in [2.75, 3.05) is 11.9 Å². The average Bonchev–Trinajstić information content (AvgIpc) is 3.41. The van der Waals surface area contributed by atoms with E-state index < -0.39 is 10.3 Å². The third-order valence-corrected chi connectivity index (χ3v) is 6.24. The van der Waals surface area contributed by atoms with Crippen LogP contribution in [0.25, 0.3) is 0 Å². The van der Waals surface area contributed by atoms with E-state index in [1.807, 2.05) is 18.2 Å². The summed E-state index contributed by atoms with van der Waals surface area (Å²) in [4.78, 5) is 17.3. The zero-order valence-electron chi connectivity index (χ0n) is 17.7. The minimum absolute atomic E-state index is 0.0587. The van der Waals surface area contributed by atoms with Gasteiger partial charge in [0.25, 0.3) is 0 Å². The van der Waals surface area contributed by atoms with E-state index >= 15 is 0 Å². The largest absolute Gasteiger partial charge is 0.382 e. The molecule has 0 spiro atoms. The van der Waals surface area contributed by atoms with Gasteiger partial charge in [0.1, 0.15) is 5.69 Å². The topological polar surface area (TPSA) is 129 Å². The standard InChI is InChI=1S/C22H24ClN5O4S/c23-17-3-1-2-15(10-17)13-28-9-7-21(27-28)22(29)19-12-25-8-6-20(19)26-18-5-4-16(11-18)14-32-33(24,30)31/h1-3,6-10,12,16,18H,4-5,11,13-14H2,(H,25,26)(H2,24,30,31). The predicted octanol–water partition coefficient (Wildman–Crippen LogP) is 3.01. The molecule has 2 unspecified atom stereocenters. The molecule has 0 radical (unpaired) electrons. The van der Waals surface area contributed by atoms with E-state index in [-0.39, 0.29) is 24.3 Å². The fourth-order valence-corrected chi connectivity index (χ4v) is 4.60. The highest BCUT2D eigenvalue weighted by Gasteiger charge is 2.27. The molecule has 0 bridgehead atoms. The molecule has 3 N–H and O–H groups in total. The van der Waals surface area contributed by atoms with Crippen molar-refractivity contribution in [3.63, 3.8) is 0 Å². The lowest BCUT2D eigenvalue weighted by Crippen LogP contribution is -2.21. The van der Waals surface area contributed by atoms with Crippen molar-refractivity contribution in [3.8, 4) is 0 Å². The highest BCUT2D eigenvalue weighted by molar-refractivity contribution is 7.84. The van der Waals surface area contributed by atoms with Crippen molar-refractivity contribution < 1.29 is 17.4 Å². The first-order valence-corrected chi connectivity index (χ1v) is 12.3. The van der Waals surface area contributed by atoms with E-state index in [0.29, 0.717) is 34.9 Å². The maximum Gasteiger partial charge on any atom is 0.333 e. The van der Waals surface area contributed by atoms with Crippen LogP contribution >= 0.6 is 11.6 Å². The second kappa shape index (κ2) is 10.0. The molecule has 2 atom stereocenters. The van der Waals surface area contributed by atoms with Crippen LogP contribution < -0.4 is 10.5 Å². The molecule has 0 amide bonds. The molecule has 1 aromatic carbocycles. The smallest absolute Gasteiger partial charge is 0.333 e. The number of hydrogen-bond donors (Lipinski definition) is 2. The number of nitrogens with two attached hydrogens (primary N) is 1. The number of carbonyl (C=O) groups excluding carboxylic acids is 1. The number of halogens is 1. The summed E-state index contributed by atoms with van der Waals surface area (Å²) in [5.41, 5.74) is 2.39. The van der Waals surface area contributed by atoms with Gasteiger partial charge in [0, 0.05) is 35.3 Å². The van der Waals surface area contributed by atoms with Crippen LogP contribution in [-0.2, 0) is 21.0 Å². The van der Waals surface area contributed by atoms with Crippen LogP contribution in [0.4, 0.5) is 5.69 Å². The molecule has 0 saturated heterocycles. The molecule has 2 aromatic heterocycles. The molecule has 9 nitrogen and oxygen atoms in total. The minimum Gasteiger partial charge on any atom is -0.382 e. The summed E-state index contributed by atoms with van der Waals surface area (Å²) in [5.74, 6) is -0.161. The minimum atomic E-state index is -3.95. The van der Waals surface area contributed by atoms with Crippen molar-refractivity contribution >= 4 is 33.4 Å². The van der Waals surface area contributed by atoms with E-state index in [0.717, 1.165) is 18.4 Å². The molecule has 0 aliphatic heterocycles. The SMILES string of the molecule is NS(=O)(=O)OCC1CCC(Nc2ccncc2C(=O)c2ccn(Cc3cccc(Cl)c3)n2)C1. The zero-order valence-corrected chi connectivity index (χ0v) is 19.3. The summed E-state index contributed by atoms with van der Waals surface area (Å²) < 4.78 is 28.4. The van der Waals surface area contributed by atoms with Crippen molar-refractivity contribution in [1.82, 2.24) is 14.8 Å². The molecule has 4 rings (SSSR count). The van der Waals surface area contributed by atoms with Crippen LogP contribution in [0.2, 0.25) is 5.02 Å². The van der Waals surface area contributed by atoms with Crippen molar-refractivity contribution in [2.45, 2.75) is 31.8 Å². The predicted molar refractivity (Wildman–Crippen MR) is 124 cm³/mol. The van der Waals surface area contributed by atoms with Crippen LogP contribution in [-0.4, -0.2) is 41.6 Å². The van der Waals surface area contributed by atoms with Gasteiger partial charge in [-0.2, -0.15) is 13.5 Å². The number of ketones is 1. The van der Waals surface area contributed by atoms with Crippen molar-refractivity contribution in [2.24, 2.45) is 11.1 Å². The molecule has 1 aliphatic rings. The van der Waals surface area contributed by atoms with Gasteiger partial charge in [0.15, 0.2) is 0 Å². The summed E-state index contributed by atoms with van der Waals surface area (Å²) in [6.07, 6.45) is 7.23. The lowest BCUT2D eigenvalue weighted by Gasteiger charge is -2.16. The number of hydrogen-bond acceptors (Lipinski definition) is 7. The first kappa shape index (κ1) is 23.4. The Balaban J connectivity index is 1.42. The van der Waals surface area contributed by atoms with Gasteiger partial charge in [-0.15, -0.1) is 0 Å². The number of benzene rings is 1. The fourth-order valence-electron chi connectivity index (χ4n) is 4.00.